The first-order valence-electron chi connectivity index (χ1n) is 5.75. The Hall–Kier alpha value is -2.35. The van der Waals surface area contributed by atoms with Crippen molar-refractivity contribution in [3.05, 3.63) is 62.9 Å². The zero-order chi connectivity index (χ0) is 16.5. The van der Waals surface area contributed by atoms with Gasteiger partial charge in [-0.3, -0.25) is 10.1 Å². The predicted molar refractivity (Wildman–Crippen MR) is 72.8 cm³/mol. The van der Waals surface area contributed by atoms with Crippen LogP contribution in [-0.4, -0.2) is 4.92 Å². The molecule has 2 aromatic carbocycles. The molecule has 0 aliphatic carbocycles. The molecule has 0 radical (unpaired) electrons. The van der Waals surface area contributed by atoms with Gasteiger partial charge in [0.05, 0.1) is 10.5 Å². The van der Waals surface area contributed by atoms with Gasteiger partial charge in [0.15, 0.2) is 0 Å². The third kappa shape index (κ3) is 3.64. The molecule has 22 heavy (non-hydrogen) atoms. The van der Waals surface area contributed by atoms with Crippen LogP contribution in [0.2, 0.25) is 5.02 Å². The van der Waals surface area contributed by atoms with Gasteiger partial charge in [-0.15, -0.1) is 0 Å². The zero-order valence-corrected chi connectivity index (χ0v) is 11.4. The van der Waals surface area contributed by atoms with Crippen molar-refractivity contribution in [3.63, 3.8) is 0 Å². The van der Waals surface area contributed by atoms with Gasteiger partial charge < -0.3 is 5.32 Å². The fraction of sp³-hybridized carbons (Fsp3) is 0.0769. The number of rotatable bonds is 3. The van der Waals surface area contributed by atoms with E-state index in [9.17, 15) is 27.7 Å². The molecule has 0 amide bonds. The summed E-state index contributed by atoms with van der Waals surface area (Å²) in [5.74, 6) is -0.690. The standard InChI is InChI=1S/C13H7ClF4N2O2/c14-8-4-9(15)6-10(5-8)19-11-2-1-7(13(16,17)18)3-12(11)20(21)22/h1-6,19H. The fourth-order valence-electron chi connectivity index (χ4n) is 1.75. The van der Waals surface area contributed by atoms with Crippen molar-refractivity contribution < 1.29 is 22.5 Å². The van der Waals surface area contributed by atoms with Gasteiger partial charge >= 0.3 is 6.18 Å². The van der Waals surface area contributed by atoms with Crippen LogP contribution in [0.15, 0.2) is 36.4 Å². The van der Waals surface area contributed by atoms with E-state index in [0.717, 1.165) is 18.2 Å². The number of hydrogen-bond donors (Lipinski definition) is 1. The van der Waals surface area contributed by atoms with E-state index in [1.165, 1.54) is 6.07 Å². The van der Waals surface area contributed by atoms with Gasteiger partial charge in [0.2, 0.25) is 0 Å². The van der Waals surface area contributed by atoms with Crippen LogP contribution in [-0.2, 0) is 6.18 Å². The third-order valence-electron chi connectivity index (χ3n) is 2.66. The lowest BCUT2D eigenvalue weighted by molar-refractivity contribution is -0.384. The lowest BCUT2D eigenvalue weighted by Gasteiger charge is -2.11. The second-order valence-electron chi connectivity index (χ2n) is 4.27. The molecular formula is C13H7ClF4N2O2. The summed E-state index contributed by atoms with van der Waals surface area (Å²) in [5, 5.41) is 13.4. The second-order valence-corrected chi connectivity index (χ2v) is 4.71. The number of alkyl halides is 3. The molecule has 0 atom stereocenters. The lowest BCUT2D eigenvalue weighted by Crippen LogP contribution is -2.06. The number of nitrogens with one attached hydrogen (secondary N) is 1. The molecule has 0 aliphatic heterocycles. The first-order chi connectivity index (χ1) is 10.2. The molecule has 1 N–H and O–H groups in total. The van der Waals surface area contributed by atoms with Gasteiger partial charge in [0, 0.05) is 16.8 Å². The normalized spacial score (nSPS) is 11.3. The summed E-state index contributed by atoms with van der Waals surface area (Å²) in [5.41, 5.74) is -2.07. The van der Waals surface area contributed by atoms with Gasteiger partial charge in [-0.1, -0.05) is 11.6 Å². The largest absolute Gasteiger partial charge is 0.416 e. The topological polar surface area (TPSA) is 55.2 Å². The summed E-state index contributed by atoms with van der Waals surface area (Å²) in [7, 11) is 0. The molecule has 0 aliphatic rings. The number of nitro benzene ring substituents is 1. The number of halogens is 5. The Labute approximate surface area is 126 Å². The molecule has 2 aromatic rings. The minimum Gasteiger partial charge on any atom is -0.350 e. The summed E-state index contributed by atoms with van der Waals surface area (Å²) in [6.07, 6.45) is -4.70. The van der Waals surface area contributed by atoms with Crippen molar-refractivity contribution in [2.45, 2.75) is 6.18 Å². The summed E-state index contributed by atoms with van der Waals surface area (Å²) in [4.78, 5) is 9.96. The minimum absolute atomic E-state index is 0.0389. The number of benzene rings is 2. The Kier molecular flexibility index (Phi) is 4.23. The third-order valence-corrected chi connectivity index (χ3v) is 2.88. The van der Waals surface area contributed by atoms with E-state index in [0.29, 0.717) is 12.1 Å². The maximum absolute atomic E-state index is 13.2. The number of hydrogen-bond acceptors (Lipinski definition) is 3. The lowest BCUT2D eigenvalue weighted by atomic mass is 10.1. The molecule has 9 heteroatoms. The quantitative estimate of drug-likeness (QED) is 0.480. The van der Waals surface area contributed by atoms with E-state index >= 15 is 0 Å². The second kappa shape index (κ2) is 5.80. The van der Waals surface area contributed by atoms with Gasteiger partial charge in [0.1, 0.15) is 11.5 Å². The van der Waals surface area contributed by atoms with Crippen molar-refractivity contribution in [2.24, 2.45) is 0 Å². The van der Waals surface area contributed by atoms with Crippen LogP contribution in [0.25, 0.3) is 0 Å². The molecule has 0 fully saturated rings. The smallest absolute Gasteiger partial charge is 0.350 e. The monoisotopic (exact) mass is 334 g/mol. The summed E-state index contributed by atoms with van der Waals surface area (Å²) in [6, 6.07) is 5.31. The van der Waals surface area contributed by atoms with Crippen LogP contribution in [0, 0.1) is 15.9 Å². The van der Waals surface area contributed by atoms with Crippen molar-refractivity contribution in [1.29, 1.82) is 0 Å². The van der Waals surface area contributed by atoms with Crippen molar-refractivity contribution in [2.75, 3.05) is 5.32 Å². The maximum Gasteiger partial charge on any atom is 0.416 e. The fourth-order valence-corrected chi connectivity index (χ4v) is 1.97. The average molecular weight is 335 g/mol. The Morgan fingerprint density at radius 1 is 1.14 bits per heavy atom. The molecular weight excluding hydrogens is 328 g/mol. The van der Waals surface area contributed by atoms with Gasteiger partial charge in [-0.05, 0) is 30.3 Å². The average Bonchev–Trinajstić information content (AvgIpc) is 2.36. The van der Waals surface area contributed by atoms with Crippen LogP contribution in [0.1, 0.15) is 5.56 Å². The maximum atomic E-state index is 13.2. The zero-order valence-electron chi connectivity index (χ0n) is 10.6. The first-order valence-corrected chi connectivity index (χ1v) is 6.13. The molecule has 0 aromatic heterocycles. The molecule has 2 rings (SSSR count). The highest BCUT2D eigenvalue weighted by molar-refractivity contribution is 6.30. The van der Waals surface area contributed by atoms with Crippen LogP contribution in [0.5, 0.6) is 0 Å². The molecule has 0 unspecified atom stereocenters. The van der Waals surface area contributed by atoms with E-state index in [-0.39, 0.29) is 16.4 Å². The Bertz CT molecular complexity index is 714. The van der Waals surface area contributed by atoms with E-state index in [4.69, 9.17) is 11.6 Å². The Morgan fingerprint density at radius 2 is 1.82 bits per heavy atom. The van der Waals surface area contributed by atoms with E-state index in [2.05, 4.69) is 5.32 Å². The van der Waals surface area contributed by atoms with E-state index in [1.807, 2.05) is 0 Å². The molecule has 4 nitrogen and oxygen atoms in total. The Balaban J connectivity index is 2.44. The van der Waals surface area contributed by atoms with Crippen molar-refractivity contribution in [1.82, 2.24) is 0 Å². The molecule has 116 valence electrons. The van der Waals surface area contributed by atoms with Gasteiger partial charge in [-0.2, -0.15) is 13.2 Å². The number of nitrogens with zero attached hydrogens (tertiary/aromatic N) is 1. The minimum atomic E-state index is -4.70. The molecule has 0 spiro atoms. The number of nitro groups is 1. The predicted octanol–water partition coefficient (Wildman–Crippen LogP) is 5.15. The highest BCUT2D eigenvalue weighted by atomic mass is 35.5. The highest BCUT2D eigenvalue weighted by Crippen LogP contribution is 2.36. The molecule has 0 saturated carbocycles. The summed E-state index contributed by atoms with van der Waals surface area (Å²) < 4.78 is 51.0. The highest BCUT2D eigenvalue weighted by Gasteiger charge is 2.33. The summed E-state index contributed by atoms with van der Waals surface area (Å²) in [6.45, 7) is 0. The van der Waals surface area contributed by atoms with E-state index < -0.39 is 28.2 Å². The van der Waals surface area contributed by atoms with E-state index in [1.54, 1.807) is 0 Å². The van der Waals surface area contributed by atoms with Crippen LogP contribution in [0.4, 0.5) is 34.6 Å². The van der Waals surface area contributed by atoms with Crippen molar-refractivity contribution >= 4 is 28.7 Å². The molecule has 0 saturated heterocycles. The van der Waals surface area contributed by atoms with Crippen LogP contribution >= 0.6 is 11.6 Å². The van der Waals surface area contributed by atoms with Crippen LogP contribution in [0.3, 0.4) is 0 Å². The first kappa shape index (κ1) is 16.0. The molecule has 0 heterocycles. The van der Waals surface area contributed by atoms with Gasteiger partial charge in [0.25, 0.3) is 5.69 Å². The SMILES string of the molecule is O=[N+]([O-])c1cc(C(F)(F)F)ccc1Nc1cc(F)cc(Cl)c1. The Morgan fingerprint density at radius 3 is 2.36 bits per heavy atom. The van der Waals surface area contributed by atoms with Crippen LogP contribution < -0.4 is 5.32 Å². The van der Waals surface area contributed by atoms with Gasteiger partial charge in [-0.25, -0.2) is 4.39 Å². The molecule has 0 bridgehead atoms. The number of anilines is 2. The summed E-state index contributed by atoms with van der Waals surface area (Å²) >= 11 is 5.64. The van der Waals surface area contributed by atoms with Crippen molar-refractivity contribution in [3.8, 4) is 0 Å².